The number of nitrogens with zero attached hydrogens (tertiary/aromatic N) is 2. The van der Waals surface area contributed by atoms with Gasteiger partial charge >= 0.3 is 0 Å². The van der Waals surface area contributed by atoms with Crippen molar-refractivity contribution in [3.8, 4) is 11.3 Å². The molecule has 2 aromatic heterocycles. The summed E-state index contributed by atoms with van der Waals surface area (Å²) in [6.45, 7) is 2.35. The molecule has 0 saturated heterocycles. The smallest absolute Gasteiger partial charge is 0.255 e. The van der Waals surface area contributed by atoms with E-state index in [2.05, 4.69) is 66.2 Å². The average Bonchev–Trinajstić information content (AvgIpc) is 3.48. The minimum atomic E-state index is -0.208. The fourth-order valence-electron chi connectivity index (χ4n) is 5.23. The Kier molecular flexibility index (Phi) is 4.47. The first-order valence-corrected chi connectivity index (χ1v) is 11.2. The molecule has 4 nitrogen and oxygen atoms in total. The summed E-state index contributed by atoms with van der Waals surface area (Å²) in [4.78, 5) is 15.6. The van der Waals surface area contributed by atoms with E-state index in [1.807, 2.05) is 48.2 Å². The van der Waals surface area contributed by atoms with Crippen LogP contribution in [0.3, 0.4) is 0 Å². The second-order valence-electron chi connectivity index (χ2n) is 8.64. The molecule has 4 heteroatoms. The van der Waals surface area contributed by atoms with Crippen molar-refractivity contribution in [1.82, 2.24) is 9.47 Å². The number of aryl methyl sites for hydroxylation is 2. The summed E-state index contributed by atoms with van der Waals surface area (Å²) in [6, 6.07) is 30.6. The Balaban J connectivity index is 1.64. The standard InChI is InChI=1S/C29H24N2O2/c1-19-16-17-21(33-19)18-31-28(22-12-6-7-13-23(22)29(31)32)26-24-14-8-9-15-25(24)30(2)27(26)20-10-4-3-5-11-20/h3-17,28H,18H2,1-2H3/t28-/m1/s1. The predicted molar refractivity (Wildman–Crippen MR) is 130 cm³/mol. The Morgan fingerprint density at radius 3 is 2.36 bits per heavy atom. The topological polar surface area (TPSA) is 38.4 Å². The maximum absolute atomic E-state index is 13.7. The molecule has 1 amide bonds. The molecule has 1 aliphatic rings. The number of fused-ring (bicyclic) bond motifs is 2. The largest absolute Gasteiger partial charge is 0.464 e. The Morgan fingerprint density at radius 1 is 0.848 bits per heavy atom. The molecule has 0 N–H and O–H groups in total. The first-order valence-electron chi connectivity index (χ1n) is 11.2. The van der Waals surface area contributed by atoms with Gasteiger partial charge in [0.1, 0.15) is 11.5 Å². The fraction of sp³-hybridized carbons (Fsp3) is 0.138. The summed E-state index contributed by atoms with van der Waals surface area (Å²) in [5.74, 6) is 1.68. The summed E-state index contributed by atoms with van der Waals surface area (Å²) in [5.41, 5.74) is 6.37. The van der Waals surface area contributed by atoms with Crippen molar-refractivity contribution in [1.29, 1.82) is 0 Å². The molecular formula is C29H24N2O2. The van der Waals surface area contributed by atoms with Gasteiger partial charge in [-0.05, 0) is 42.3 Å². The highest BCUT2D eigenvalue weighted by Crippen LogP contribution is 2.46. The fourth-order valence-corrected chi connectivity index (χ4v) is 5.23. The van der Waals surface area contributed by atoms with E-state index in [4.69, 9.17) is 4.42 Å². The summed E-state index contributed by atoms with van der Waals surface area (Å²) in [5, 5.41) is 1.16. The molecule has 0 spiro atoms. The zero-order valence-corrected chi connectivity index (χ0v) is 18.7. The number of rotatable bonds is 4. The Labute approximate surface area is 192 Å². The zero-order chi connectivity index (χ0) is 22.5. The average molecular weight is 433 g/mol. The minimum absolute atomic E-state index is 0.0385. The second-order valence-corrected chi connectivity index (χ2v) is 8.64. The molecule has 1 atom stereocenters. The van der Waals surface area contributed by atoms with Crippen LogP contribution < -0.4 is 0 Å². The van der Waals surface area contributed by atoms with Crippen molar-refractivity contribution in [2.45, 2.75) is 19.5 Å². The van der Waals surface area contributed by atoms with Crippen molar-refractivity contribution >= 4 is 16.8 Å². The number of para-hydroxylation sites is 1. The van der Waals surface area contributed by atoms with Gasteiger partial charge in [-0.15, -0.1) is 0 Å². The van der Waals surface area contributed by atoms with Gasteiger partial charge in [-0.3, -0.25) is 4.79 Å². The molecular weight excluding hydrogens is 408 g/mol. The van der Waals surface area contributed by atoms with Crippen LogP contribution in [-0.4, -0.2) is 15.4 Å². The first-order chi connectivity index (χ1) is 16.1. The molecule has 0 radical (unpaired) electrons. The summed E-state index contributed by atoms with van der Waals surface area (Å²) in [7, 11) is 2.11. The number of carbonyl (C=O) groups is 1. The van der Waals surface area contributed by atoms with E-state index in [0.29, 0.717) is 6.54 Å². The van der Waals surface area contributed by atoms with E-state index in [0.717, 1.165) is 50.4 Å². The molecule has 1 aliphatic heterocycles. The maximum atomic E-state index is 13.7. The number of carbonyl (C=O) groups excluding carboxylic acids is 1. The van der Waals surface area contributed by atoms with Gasteiger partial charge in [0.05, 0.1) is 18.3 Å². The van der Waals surface area contributed by atoms with E-state index < -0.39 is 0 Å². The van der Waals surface area contributed by atoms with E-state index in [-0.39, 0.29) is 11.9 Å². The van der Waals surface area contributed by atoms with Crippen LogP contribution in [0.5, 0.6) is 0 Å². The molecule has 3 aromatic carbocycles. The van der Waals surface area contributed by atoms with Crippen LogP contribution in [0.4, 0.5) is 0 Å². The molecule has 0 fully saturated rings. The summed E-state index contributed by atoms with van der Waals surface area (Å²) >= 11 is 0. The van der Waals surface area contributed by atoms with Gasteiger partial charge in [0.25, 0.3) is 5.91 Å². The number of amides is 1. The van der Waals surface area contributed by atoms with E-state index >= 15 is 0 Å². The molecule has 33 heavy (non-hydrogen) atoms. The predicted octanol–water partition coefficient (Wildman–Crippen LogP) is 6.49. The molecule has 0 aliphatic carbocycles. The van der Waals surface area contributed by atoms with Crippen molar-refractivity contribution in [3.63, 3.8) is 0 Å². The molecule has 0 bridgehead atoms. The summed E-state index contributed by atoms with van der Waals surface area (Å²) < 4.78 is 8.14. The van der Waals surface area contributed by atoms with Crippen LogP contribution >= 0.6 is 0 Å². The highest BCUT2D eigenvalue weighted by Gasteiger charge is 2.40. The van der Waals surface area contributed by atoms with E-state index in [1.165, 1.54) is 0 Å². The lowest BCUT2D eigenvalue weighted by molar-refractivity contribution is 0.0723. The van der Waals surface area contributed by atoms with Gasteiger partial charge in [-0.25, -0.2) is 0 Å². The third-order valence-corrected chi connectivity index (χ3v) is 6.65. The highest BCUT2D eigenvalue weighted by molar-refractivity contribution is 6.02. The van der Waals surface area contributed by atoms with Crippen LogP contribution in [0.2, 0.25) is 0 Å². The lowest BCUT2D eigenvalue weighted by Gasteiger charge is -2.26. The maximum Gasteiger partial charge on any atom is 0.255 e. The Hall–Kier alpha value is -4.05. The number of aromatic nitrogens is 1. The first kappa shape index (κ1) is 19.6. The van der Waals surface area contributed by atoms with Crippen molar-refractivity contribution in [3.05, 3.63) is 119 Å². The van der Waals surface area contributed by atoms with Gasteiger partial charge < -0.3 is 13.9 Å². The monoisotopic (exact) mass is 432 g/mol. The SMILES string of the molecule is Cc1ccc(CN2C(=O)c3ccccc3[C@@H]2c2c(-c3ccccc3)n(C)c3ccccc23)o1. The normalized spacial score (nSPS) is 15.4. The van der Waals surface area contributed by atoms with E-state index in [9.17, 15) is 4.79 Å². The third kappa shape index (κ3) is 3.02. The van der Waals surface area contributed by atoms with Gasteiger partial charge in [-0.1, -0.05) is 66.7 Å². The minimum Gasteiger partial charge on any atom is -0.464 e. The number of hydrogen-bond acceptors (Lipinski definition) is 2. The number of furan rings is 1. The molecule has 6 rings (SSSR count). The van der Waals surface area contributed by atoms with E-state index in [1.54, 1.807) is 0 Å². The van der Waals surface area contributed by atoms with Crippen molar-refractivity contribution in [2.24, 2.45) is 7.05 Å². The lowest BCUT2D eigenvalue weighted by Crippen LogP contribution is -2.28. The molecule has 162 valence electrons. The Bertz CT molecular complexity index is 1490. The van der Waals surface area contributed by atoms with Gasteiger partial charge in [0.15, 0.2) is 0 Å². The van der Waals surface area contributed by atoms with Gasteiger partial charge in [0.2, 0.25) is 0 Å². The van der Waals surface area contributed by atoms with Gasteiger partial charge in [0, 0.05) is 29.1 Å². The molecule has 0 unspecified atom stereocenters. The van der Waals surface area contributed by atoms with Gasteiger partial charge in [-0.2, -0.15) is 0 Å². The van der Waals surface area contributed by atoms with Crippen molar-refractivity contribution in [2.75, 3.05) is 0 Å². The summed E-state index contributed by atoms with van der Waals surface area (Å²) in [6.07, 6.45) is 0. The molecule has 0 saturated carbocycles. The quantitative estimate of drug-likeness (QED) is 0.325. The zero-order valence-electron chi connectivity index (χ0n) is 18.7. The second kappa shape index (κ2) is 7.52. The highest BCUT2D eigenvalue weighted by atomic mass is 16.3. The lowest BCUT2D eigenvalue weighted by atomic mass is 9.93. The van der Waals surface area contributed by atoms with Crippen LogP contribution in [-0.2, 0) is 13.6 Å². The molecule has 3 heterocycles. The Morgan fingerprint density at radius 2 is 1.58 bits per heavy atom. The number of hydrogen-bond donors (Lipinski definition) is 0. The molecule has 5 aromatic rings. The van der Waals surface area contributed by atoms with Crippen LogP contribution in [0, 0.1) is 6.92 Å². The van der Waals surface area contributed by atoms with Crippen molar-refractivity contribution < 1.29 is 9.21 Å². The van der Waals surface area contributed by atoms with Crippen LogP contribution in [0.15, 0.2) is 95.4 Å². The third-order valence-electron chi connectivity index (χ3n) is 6.65. The number of benzene rings is 3. The van der Waals surface area contributed by atoms with Crippen LogP contribution in [0.25, 0.3) is 22.2 Å². The van der Waals surface area contributed by atoms with Crippen LogP contribution in [0.1, 0.15) is 39.0 Å².